The zero-order valence-corrected chi connectivity index (χ0v) is 9.98. The fourth-order valence-corrected chi connectivity index (χ4v) is 2.29. The summed E-state index contributed by atoms with van der Waals surface area (Å²) in [6.07, 6.45) is 3.30. The first-order valence-electron chi connectivity index (χ1n) is 4.37. The normalized spacial score (nSPS) is 10.8. The smallest absolute Gasteiger partial charge is 0.116 e. The third-order valence-electron chi connectivity index (χ3n) is 1.87. The summed E-state index contributed by atoms with van der Waals surface area (Å²) in [5.41, 5.74) is 0. The largest absolute Gasteiger partial charge is 0.468 e. The first-order chi connectivity index (χ1) is 7.27. The van der Waals surface area contributed by atoms with Crippen molar-refractivity contribution < 1.29 is 12.5 Å². The van der Waals surface area contributed by atoms with Crippen molar-refractivity contribution in [2.75, 3.05) is 0 Å². The molecule has 0 aliphatic rings. The van der Waals surface area contributed by atoms with Crippen molar-refractivity contribution in [3.8, 4) is 0 Å². The molecule has 0 radical (unpaired) electrons. The predicted molar refractivity (Wildman–Crippen MR) is 59.7 cm³/mol. The average molecular weight is 242 g/mol. The lowest BCUT2D eigenvalue weighted by Gasteiger charge is -1.98. The standard InChI is InChI=1S/C10H10O3S2/c1-7-9(3-5-11-7)14-13-15-10-4-6-12-8(10)2/h3-6H,1-2H3. The first-order valence-corrected chi connectivity index (χ1v) is 5.85. The molecule has 2 heterocycles. The molecule has 0 bridgehead atoms. The maximum absolute atomic E-state index is 5.40. The van der Waals surface area contributed by atoms with Gasteiger partial charge in [0.1, 0.15) is 11.5 Å². The third kappa shape index (κ3) is 2.62. The Hall–Kier alpha value is -0.780. The van der Waals surface area contributed by atoms with Crippen molar-refractivity contribution in [1.82, 2.24) is 0 Å². The highest BCUT2D eigenvalue weighted by molar-refractivity contribution is 8.08. The van der Waals surface area contributed by atoms with Crippen LogP contribution in [0, 0.1) is 13.8 Å². The number of hydrogen-bond donors (Lipinski definition) is 0. The van der Waals surface area contributed by atoms with Crippen LogP contribution in [0.1, 0.15) is 11.5 Å². The maximum atomic E-state index is 5.40. The van der Waals surface area contributed by atoms with Crippen LogP contribution in [0.4, 0.5) is 0 Å². The van der Waals surface area contributed by atoms with E-state index in [0.717, 1.165) is 21.3 Å². The molecule has 5 heteroatoms. The quantitative estimate of drug-likeness (QED) is 0.750. The lowest BCUT2D eigenvalue weighted by atomic mass is 10.5. The van der Waals surface area contributed by atoms with Crippen molar-refractivity contribution in [3.63, 3.8) is 0 Å². The average Bonchev–Trinajstić information content (AvgIpc) is 2.78. The summed E-state index contributed by atoms with van der Waals surface area (Å²) in [7, 11) is 0. The van der Waals surface area contributed by atoms with E-state index in [1.165, 1.54) is 24.1 Å². The van der Waals surface area contributed by atoms with Crippen LogP contribution in [0.15, 0.2) is 43.3 Å². The van der Waals surface area contributed by atoms with Crippen LogP contribution in [-0.2, 0) is 3.63 Å². The van der Waals surface area contributed by atoms with Crippen molar-refractivity contribution in [2.24, 2.45) is 0 Å². The maximum Gasteiger partial charge on any atom is 0.116 e. The Morgan fingerprint density at radius 3 is 1.73 bits per heavy atom. The number of aryl methyl sites for hydroxylation is 2. The van der Waals surface area contributed by atoms with Gasteiger partial charge in [-0.2, -0.15) is 0 Å². The molecule has 0 N–H and O–H groups in total. The Labute approximate surface area is 96.6 Å². The monoisotopic (exact) mass is 242 g/mol. The van der Waals surface area contributed by atoms with E-state index in [4.69, 9.17) is 12.5 Å². The molecule has 0 amide bonds. The lowest BCUT2D eigenvalue weighted by molar-refractivity contribution is 0.525. The third-order valence-corrected chi connectivity index (χ3v) is 3.62. The zero-order chi connectivity index (χ0) is 10.7. The van der Waals surface area contributed by atoms with Gasteiger partial charge in [0.25, 0.3) is 0 Å². The summed E-state index contributed by atoms with van der Waals surface area (Å²) in [6, 6.07) is 3.76. The summed E-state index contributed by atoms with van der Waals surface area (Å²) >= 11 is 2.58. The molecule has 0 fully saturated rings. The van der Waals surface area contributed by atoms with Gasteiger partial charge in [-0.25, -0.2) is 3.63 Å². The summed E-state index contributed by atoms with van der Waals surface area (Å²) < 4.78 is 15.7. The van der Waals surface area contributed by atoms with E-state index >= 15 is 0 Å². The van der Waals surface area contributed by atoms with E-state index in [2.05, 4.69) is 0 Å². The number of rotatable bonds is 4. The summed E-state index contributed by atoms with van der Waals surface area (Å²) in [5, 5.41) is 0. The Morgan fingerprint density at radius 2 is 1.40 bits per heavy atom. The topological polar surface area (TPSA) is 35.5 Å². The van der Waals surface area contributed by atoms with E-state index in [1.807, 2.05) is 26.0 Å². The van der Waals surface area contributed by atoms with E-state index in [-0.39, 0.29) is 0 Å². The van der Waals surface area contributed by atoms with Crippen molar-refractivity contribution in [3.05, 3.63) is 36.2 Å². The molecule has 2 aromatic heterocycles. The molecule has 2 rings (SSSR count). The molecule has 0 unspecified atom stereocenters. The Bertz CT molecular complexity index is 393. The van der Waals surface area contributed by atoms with Gasteiger partial charge < -0.3 is 8.83 Å². The number of furan rings is 2. The van der Waals surface area contributed by atoms with Crippen LogP contribution in [0.3, 0.4) is 0 Å². The second-order valence-corrected chi connectivity index (χ2v) is 4.67. The Morgan fingerprint density at radius 1 is 0.933 bits per heavy atom. The van der Waals surface area contributed by atoms with Crippen LogP contribution in [0.25, 0.3) is 0 Å². The van der Waals surface area contributed by atoms with Crippen molar-refractivity contribution in [2.45, 2.75) is 23.6 Å². The van der Waals surface area contributed by atoms with Crippen LogP contribution in [-0.4, -0.2) is 0 Å². The minimum absolute atomic E-state index is 0.865. The first kappa shape index (κ1) is 10.7. The van der Waals surface area contributed by atoms with Gasteiger partial charge in [-0.15, -0.1) is 0 Å². The predicted octanol–water partition coefficient (Wildman–Crippen LogP) is 4.22. The highest BCUT2D eigenvalue weighted by Gasteiger charge is 2.06. The van der Waals surface area contributed by atoms with Crippen LogP contribution in [0.5, 0.6) is 0 Å². The van der Waals surface area contributed by atoms with Gasteiger partial charge in [-0.1, -0.05) is 0 Å². The molecular formula is C10H10O3S2. The van der Waals surface area contributed by atoms with Crippen LogP contribution < -0.4 is 0 Å². The zero-order valence-electron chi connectivity index (χ0n) is 8.35. The lowest BCUT2D eigenvalue weighted by Crippen LogP contribution is -1.72. The van der Waals surface area contributed by atoms with Crippen molar-refractivity contribution >= 4 is 24.1 Å². The molecule has 2 aromatic rings. The molecule has 0 aromatic carbocycles. The van der Waals surface area contributed by atoms with E-state index < -0.39 is 0 Å². The molecule has 15 heavy (non-hydrogen) atoms. The molecule has 3 nitrogen and oxygen atoms in total. The van der Waals surface area contributed by atoms with Gasteiger partial charge in [0.2, 0.25) is 0 Å². The minimum Gasteiger partial charge on any atom is -0.468 e. The molecule has 80 valence electrons. The Balaban J connectivity index is 1.86. The van der Waals surface area contributed by atoms with E-state index in [9.17, 15) is 0 Å². The summed E-state index contributed by atoms with van der Waals surface area (Å²) in [5.74, 6) is 1.73. The highest BCUT2D eigenvalue weighted by Crippen LogP contribution is 2.33. The molecule has 0 spiro atoms. The summed E-state index contributed by atoms with van der Waals surface area (Å²) in [6.45, 7) is 3.80. The van der Waals surface area contributed by atoms with Crippen LogP contribution in [0.2, 0.25) is 0 Å². The Kier molecular flexibility index (Phi) is 3.45. The van der Waals surface area contributed by atoms with E-state index in [1.54, 1.807) is 12.5 Å². The minimum atomic E-state index is 0.865. The molecule has 0 aliphatic heterocycles. The van der Waals surface area contributed by atoms with Gasteiger partial charge in [0, 0.05) is 24.1 Å². The van der Waals surface area contributed by atoms with E-state index in [0.29, 0.717) is 0 Å². The SMILES string of the molecule is Cc1occc1SOSc1ccoc1C. The second kappa shape index (κ2) is 4.83. The fourth-order valence-electron chi connectivity index (χ4n) is 1.01. The van der Waals surface area contributed by atoms with Gasteiger partial charge in [-0.3, -0.25) is 0 Å². The van der Waals surface area contributed by atoms with Crippen molar-refractivity contribution in [1.29, 1.82) is 0 Å². The summed E-state index contributed by atoms with van der Waals surface area (Å²) in [4.78, 5) is 1.98. The van der Waals surface area contributed by atoms with Gasteiger partial charge in [-0.05, 0) is 26.0 Å². The molecule has 0 atom stereocenters. The fraction of sp³-hybridized carbons (Fsp3) is 0.200. The number of hydrogen-bond acceptors (Lipinski definition) is 5. The molecular weight excluding hydrogens is 232 g/mol. The molecule has 0 saturated heterocycles. The van der Waals surface area contributed by atoms with Gasteiger partial charge in [0.05, 0.1) is 22.3 Å². The molecule has 0 aliphatic carbocycles. The second-order valence-electron chi connectivity index (χ2n) is 2.92. The van der Waals surface area contributed by atoms with Crippen LogP contribution >= 0.6 is 24.1 Å². The highest BCUT2D eigenvalue weighted by atomic mass is 32.2. The van der Waals surface area contributed by atoms with Gasteiger partial charge >= 0.3 is 0 Å². The molecule has 0 saturated carbocycles. The van der Waals surface area contributed by atoms with Gasteiger partial charge in [0.15, 0.2) is 0 Å².